The third-order valence-electron chi connectivity index (χ3n) is 3.42. The lowest BCUT2D eigenvalue weighted by atomic mass is 10.1. The van der Waals surface area contributed by atoms with Crippen molar-refractivity contribution in [3.05, 3.63) is 59.7 Å². The normalized spacial score (nSPS) is 11.6. The molecule has 0 spiro atoms. The van der Waals surface area contributed by atoms with E-state index in [0.29, 0.717) is 11.3 Å². The molecule has 0 saturated carbocycles. The SMILES string of the molecule is CCC(C)Oc1ccc(C(=O)Nc2ccc(C(=O)O)cc2)cc1. The van der Waals surface area contributed by atoms with Crippen LogP contribution in [-0.4, -0.2) is 23.1 Å². The molecule has 0 aromatic heterocycles. The number of carbonyl (C=O) groups excluding carboxylic acids is 1. The highest BCUT2D eigenvalue weighted by Crippen LogP contribution is 2.16. The molecule has 0 bridgehead atoms. The van der Waals surface area contributed by atoms with Crippen molar-refractivity contribution >= 4 is 17.6 Å². The van der Waals surface area contributed by atoms with Crippen LogP contribution in [0.3, 0.4) is 0 Å². The van der Waals surface area contributed by atoms with Crippen molar-refractivity contribution in [3.8, 4) is 5.75 Å². The van der Waals surface area contributed by atoms with E-state index in [0.717, 1.165) is 12.2 Å². The summed E-state index contributed by atoms with van der Waals surface area (Å²) in [5.41, 5.74) is 1.22. The molecular weight excluding hydrogens is 294 g/mol. The number of nitrogens with one attached hydrogen (secondary N) is 1. The van der Waals surface area contributed by atoms with E-state index in [2.05, 4.69) is 5.32 Å². The van der Waals surface area contributed by atoms with Crippen LogP contribution in [0.25, 0.3) is 0 Å². The Morgan fingerprint density at radius 3 is 2.13 bits per heavy atom. The van der Waals surface area contributed by atoms with Crippen molar-refractivity contribution in [3.63, 3.8) is 0 Å². The van der Waals surface area contributed by atoms with Crippen molar-refractivity contribution in [1.82, 2.24) is 0 Å². The lowest BCUT2D eigenvalue weighted by Gasteiger charge is -2.12. The number of carbonyl (C=O) groups is 2. The Labute approximate surface area is 134 Å². The number of carboxylic acid groups (broad SMARTS) is 1. The summed E-state index contributed by atoms with van der Waals surface area (Å²) in [6, 6.07) is 12.9. The van der Waals surface area contributed by atoms with Crippen LogP contribution >= 0.6 is 0 Å². The number of hydrogen-bond donors (Lipinski definition) is 2. The van der Waals surface area contributed by atoms with E-state index in [4.69, 9.17) is 9.84 Å². The number of carboxylic acids is 1. The number of aromatic carboxylic acids is 1. The Morgan fingerprint density at radius 2 is 1.61 bits per heavy atom. The number of hydrogen-bond acceptors (Lipinski definition) is 3. The first-order valence-electron chi connectivity index (χ1n) is 7.41. The van der Waals surface area contributed by atoms with Gasteiger partial charge in [0.1, 0.15) is 5.75 Å². The predicted octanol–water partition coefficient (Wildman–Crippen LogP) is 3.81. The van der Waals surface area contributed by atoms with E-state index in [-0.39, 0.29) is 17.6 Å². The first-order valence-corrected chi connectivity index (χ1v) is 7.41. The van der Waals surface area contributed by atoms with E-state index >= 15 is 0 Å². The maximum atomic E-state index is 12.2. The molecule has 0 aliphatic heterocycles. The maximum absolute atomic E-state index is 12.2. The molecule has 2 N–H and O–H groups in total. The second kappa shape index (κ2) is 7.45. The molecule has 0 fully saturated rings. The van der Waals surface area contributed by atoms with Gasteiger partial charge in [-0.3, -0.25) is 4.79 Å². The van der Waals surface area contributed by atoms with Crippen LogP contribution in [0.1, 0.15) is 41.0 Å². The van der Waals surface area contributed by atoms with Crippen LogP contribution in [-0.2, 0) is 0 Å². The zero-order chi connectivity index (χ0) is 16.8. The molecule has 1 atom stereocenters. The Morgan fingerprint density at radius 1 is 1.04 bits per heavy atom. The Hall–Kier alpha value is -2.82. The summed E-state index contributed by atoms with van der Waals surface area (Å²) in [6.45, 7) is 4.03. The minimum Gasteiger partial charge on any atom is -0.491 e. The van der Waals surface area contributed by atoms with Crippen LogP contribution in [0, 0.1) is 0 Å². The average Bonchev–Trinajstić information content (AvgIpc) is 2.55. The van der Waals surface area contributed by atoms with Crippen molar-refractivity contribution in [2.45, 2.75) is 26.4 Å². The van der Waals surface area contributed by atoms with Gasteiger partial charge in [0.15, 0.2) is 0 Å². The fraction of sp³-hybridized carbons (Fsp3) is 0.222. The van der Waals surface area contributed by atoms with Crippen LogP contribution < -0.4 is 10.1 Å². The van der Waals surface area contributed by atoms with Crippen LogP contribution in [0.2, 0.25) is 0 Å². The number of rotatable bonds is 6. The van der Waals surface area contributed by atoms with E-state index in [1.165, 1.54) is 12.1 Å². The molecule has 120 valence electrons. The quantitative estimate of drug-likeness (QED) is 0.850. The lowest BCUT2D eigenvalue weighted by Crippen LogP contribution is -2.13. The molecular formula is C18H19NO4. The van der Waals surface area contributed by atoms with Crippen molar-refractivity contribution in [2.75, 3.05) is 5.32 Å². The van der Waals surface area contributed by atoms with E-state index in [1.807, 2.05) is 13.8 Å². The predicted molar refractivity (Wildman–Crippen MR) is 88.2 cm³/mol. The van der Waals surface area contributed by atoms with Crippen molar-refractivity contribution in [2.24, 2.45) is 0 Å². The summed E-state index contributed by atoms with van der Waals surface area (Å²) in [4.78, 5) is 22.9. The fourth-order valence-electron chi connectivity index (χ4n) is 1.90. The van der Waals surface area contributed by atoms with Gasteiger partial charge in [0, 0.05) is 11.3 Å². The zero-order valence-corrected chi connectivity index (χ0v) is 13.1. The minimum absolute atomic E-state index is 0.127. The Balaban J connectivity index is 2.01. The number of anilines is 1. The smallest absolute Gasteiger partial charge is 0.335 e. The second-order valence-corrected chi connectivity index (χ2v) is 5.20. The van der Waals surface area contributed by atoms with Gasteiger partial charge in [-0.25, -0.2) is 4.79 Å². The van der Waals surface area contributed by atoms with Crippen molar-refractivity contribution in [1.29, 1.82) is 0 Å². The van der Waals surface area contributed by atoms with E-state index < -0.39 is 5.97 Å². The largest absolute Gasteiger partial charge is 0.491 e. The van der Waals surface area contributed by atoms with Gasteiger partial charge < -0.3 is 15.2 Å². The second-order valence-electron chi connectivity index (χ2n) is 5.20. The van der Waals surface area contributed by atoms with Crippen LogP contribution in [0.5, 0.6) is 5.75 Å². The highest BCUT2D eigenvalue weighted by Gasteiger charge is 2.08. The molecule has 2 aromatic rings. The molecule has 23 heavy (non-hydrogen) atoms. The summed E-state index contributed by atoms with van der Waals surface area (Å²) in [5, 5.41) is 11.6. The van der Waals surface area contributed by atoms with E-state index in [1.54, 1.807) is 36.4 Å². The fourth-order valence-corrected chi connectivity index (χ4v) is 1.90. The zero-order valence-electron chi connectivity index (χ0n) is 13.1. The third kappa shape index (κ3) is 4.57. The van der Waals surface area contributed by atoms with Gasteiger partial charge >= 0.3 is 5.97 Å². The van der Waals surface area contributed by atoms with Gasteiger partial charge in [0.2, 0.25) is 0 Å². The van der Waals surface area contributed by atoms with E-state index in [9.17, 15) is 9.59 Å². The maximum Gasteiger partial charge on any atom is 0.335 e. The highest BCUT2D eigenvalue weighted by atomic mass is 16.5. The molecule has 0 aliphatic rings. The lowest BCUT2D eigenvalue weighted by molar-refractivity contribution is 0.0696. The van der Waals surface area contributed by atoms with Crippen LogP contribution in [0.4, 0.5) is 5.69 Å². The van der Waals surface area contributed by atoms with Gasteiger partial charge in [0.05, 0.1) is 11.7 Å². The summed E-state index contributed by atoms with van der Waals surface area (Å²) >= 11 is 0. The number of ether oxygens (including phenoxy) is 1. The summed E-state index contributed by atoms with van der Waals surface area (Å²) in [6.07, 6.45) is 1.04. The Bertz CT molecular complexity index is 677. The van der Waals surface area contributed by atoms with Crippen LogP contribution in [0.15, 0.2) is 48.5 Å². The molecule has 5 heteroatoms. The topological polar surface area (TPSA) is 75.6 Å². The van der Waals surface area contributed by atoms with Gasteiger partial charge in [-0.15, -0.1) is 0 Å². The first-order chi connectivity index (χ1) is 11.0. The Kier molecular flexibility index (Phi) is 5.36. The molecule has 0 saturated heterocycles. The summed E-state index contributed by atoms with van der Waals surface area (Å²) in [7, 11) is 0. The van der Waals surface area contributed by atoms with Gasteiger partial charge in [-0.2, -0.15) is 0 Å². The van der Waals surface area contributed by atoms with Crippen molar-refractivity contribution < 1.29 is 19.4 Å². The monoisotopic (exact) mass is 313 g/mol. The molecule has 0 aliphatic carbocycles. The molecule has 2 rings (SSSR count). The molecule has 2 aromatic carbocycles. The standard InChI is InChI=1S/C18H19NO4/c1-3-12(2)23-16-10-6-13(7-11-16)17(20)19-15-8-4-14(5-9-15)18(21)22/h4-12H,3H2,1-2H3,(H,19,20)(H,21,22). The average molecular weight is 313 g/mol. The molecule has 0 radical (unpaired) electrons. The first kappa shape index (κ1) is 16.5. The molecule has 0 heterocycles. The summed E-state index contributed by atoms with van der Waals surface area (Å²) < 4.78 is 5.66. The molecule has 5 nitrogen and oxygen atoms in total. The summed E-state index contributed by atoms with van der Waals surface area (Å²) in [5.74, 6) is -0.537. The van der Waals surface area contributed by atoms with Gasteiger partial charge in [-0.05, 0) is 61.9 Å². The number of benzene rings is 2. The highest BCUT2D eigenvalue weighted by molar-refractivity contribution is 6.04. The number of amides is 1. The minimum atomic E-state index is -1.00. The third-order valence-corrected chi connectivity index (χ3v) is 3.42. The molecule has 1 amide bonds. The van der Waals surface area contributed by atoms with Gasteiger partial charge in [0.25, 0.3) is 5.91 Å². The molecule has 1 unspecified atom stereocenters. The van der Waals surface area contributed by atoms with Gasteiger partial charge in [-0.1, -0.05) is 6.92 Å².